The van der Waals surface area contributed by atoms with Crippen LogP contribution in [0.3, 0.4) is 0 Å². The first-order valence-electron chi connectivity index (χ1n) is 12.0. The van der Waals surface area contributed by atoms with E-state index < -0.39 is 11.6 Å². The maximum Gasteiger partial charge on any atom is 0.306 e. The Morgan fingerprint density at radius 1 is 1.09 bits per heavy atom. The van der Waals surface area contributed by atoms with Gasteiger partial charge < -0.3 is 25.3 Å². The minimum atomic E-state index is -0.819. The van der Waals surface area contributed by atoms with Gasteiger partial charge in [0.05, 0.1) is 29.9 Å². The molecule has 0 amide bonds. The van der Waals surface area contributed by atoms with Crippen LogP contribution in [0.4, 0.5) is 0 Å². The van der Waals surface area contributed by atoms with Gasteiger partial charge in [-0.25, -0.2) is 0 Å². The molecule has 1 aromatic carbocycles. The maximum atomic E-state index is 12.8. The Morgan fingerprint density at radius 3 is 2.39 bits per heavy atom. The fourth-order valence-electron chi connectivity index (χ4n) is 3.15. The van der Waals surface area contributed by atoms with Crippen LogP contribution in [0.25, 0.3) is 0 Å². The summed E-state index contributed by atoms with van der Waals surface area (Å²) < 4.78 is 17.0. The summed E-state index contributed by atoms with van der Waals surface area (Å²) in [4.78, 5) is 24.8. The molecule has 0 aliphatic carbocycles. The van der Waals surface area contributed by atoms with Crippen LogP contribution in [0.5, 0.6) is 0 Å². The summed E-state index contributed by atoms with van der Waals surface area (Å²) in [7, 11) is 0. The largest absolute Gasteiger partial charge is 0.461 e. The van der Waals surface area contributed by atoms with Crippen LogP contribution in [0.15, 0.2) is 30.3 Å². The first-order valence-corrected chi connectivity index (χ1v) is 12.0. The molecule has 188 valence electrons. The zero-order chi connectivity index (χ0) is 24.9. The second-order valence-corrected chi connectivity index (χ2v) is 9.66. The van der Waals surface area contributed by atoms with Crippen LogP contribution in [0.1, 0.15) is 72.8 Å². The van der Waals surface area contributed by atoms with Crippen molar-refractivity contribution in [2.75, 3.05) is 19.8 Å². The highest BCUT2D eigenvalue weighted by Gasteiger charge is 2.31. The molecular weight excluding hydrogens is 420 g/mol. The van der Waals surface area contributed by atoms with Crippen LogP contribution in [-0.4, -0.2) is 54.8 Å². The molecule has 0 heterocycles. The molecule has 0 saturated heterocycles. The van der Waals surface area contributed by atoms with Crippen LogP contribution in [0, 0.1) is 0 Å². The van der Waals surface area contributed by atoms with E-state index in [4.69, 9.17) is 19.9 Å². The van der Waals surface area contributed by atoms with Crippen molar-refractivity contribution in [3.63, 3.8) is 0 Å². The summed E-state index contributed by atoms with van der Waals surface area (Å²) in [6.07, 6.45) is 2.39. The zero-order valence-corrected chi connectivity index (χ0v) is 21.3. The van der Waals surface area contributed by atoms with E-state index in [1.807, 2.05) is 44.2 Å². The van der Waals surface area contributed by atoms with E-state index in [-0.39, 0.29) is 42.9 Å². The van der Waals surface area contributed by atoms with Gasteiger partial charge in [-0.05, 0) is 59.4 Å². The Labute approximate surface area is 199 Å². The first-order chi connectivity index (χ1) is 15.5. The predicted molar refractivity (Wildman–Crippen MR) is 131 cm³/mol. The number of nitrogens with two attached hydrogens (primary N) is 1. The summed E-state index contributed by atoms with van der Waals surface area (Å²) in [6, 6.07) is 8.72. The molecule has 1 unspecified atom stereocenters. The first kappa shape index (κ1) is 29.2. The molecule has 0 saturated carbocycles. The SMILES string of the molecule is CCC(C)OCCC(C)(C)OCCNC(C)(C)C(=O)[C@H](N)CCC(=O)OCc1ccccc1. The Hall–Kier alpha value is -1.80. The number of ketones is 1. The number of ether oxygens (including phenoxy) is 3. The minimum absolute atomic E-state index is 0.103. The number of hydrogen-bond donors (Lipinski definition) is 2. The average Bonchev–Trinajstić information content (AvgIpc) is 2.78. The third kappa shape index (κ3) is 12.3. The van der Waals surface area contributed by atoms with Crippen molar-refractivity contribution in [1.82, 2.24) is 5.32 Å². The van der Waals surface area contributed by atoms with E-state index in [0.29, 0.717) is 19.8 Å². The molecule has 2 atom stereocenters. The molecule has 0 aliphatic heterocycles. The average molecular weight is 465 g/mol. The molecule has 1 aromatic rings. The minimum Gasteiger partial charge on any atom is -0.461 e. The van der Waals surface area contributed by atoms with Crippen LogP contribution in [-0.2, 0) is 30.4 Å². The summed E-state index contributed by atoms with van der Waals surface area (Å²) in [6.45, 7) is 13.7. The Bertz CT molecular complexity index is 706. The number of Topliss-reactive ketones (excluding diaryl/α,β-unsaturated/α-hetero) is 1. The quantitative estimate of drug-likeness (QED) is 0.267. The van der Waals surface area contributed by atoms with E-state index in [2.05, 4.69) is 19.2 Å². The number of hydrogen-bond acceptors (Lipinski definition) is 7. The second kappa shape index (κ2) is 14.5. The topological polar surface area (TPSA) is 99.9 Å². The van der Waals surface area contributed by atoms with E-state index in [0.717, 1.165) is 18.4 Å². The summed E-state index contributed by atoms with van der Waals surface area (Å²) in [5.41, 5.74) is 5.88. The lowest BCUT2D eigenvalue weighted by Gasteiger charge is -2.30. The predicted octanol–water partition coefficient (Wildman–Crippen LogP) is 3.78. The number of esters is 1. The molecule has 0 radical (unpaired) electrons. The molecule has 0 aliphatic rings. The fourth-order valence-corrected chi connectivity index (χ4v) is 3.15. The molecule has 3 N–H and O–H groups in total. The van der Waals surface area contributed by atoms with Gasteiger partial charge in [0, 0.05) is 19.6 Å². The second-order valence-electron chi connectivity index (χ2n) is 9.66. The number of carbonyl (C=O) groups is 2. The summed E-state index contributed by atoms with van der Waals surface area (Å²) in [5.74, 6) is -0.500. The normalized spacial score (nSPS) is 14.0. The van der Waals surface area contributed by atoms with Crippen molar-refractivity contribution >= 4 is 11.8 Å². The lowest BCUT2D eigenvalue weighted by atomic mass is 9.91. The van der Waals surface area contributed by atoms with E-state index >= 15 is 0 Å². The number of rotatable bonds is 17. The van der Waals surface area contributed by atoms with Crippen molar-refractivity contribution in [3.05, 3.63) is 35.9 Å². The fraction of sp³-hybridized carbons (Fsp3) is 0.692. The molecule has 0 bridgehead atoms. The molecule has 7 nitrogen and oxygen atoms in total. The van der Waals surface area contributed by atoms with Crippen molar-refractivity contribution in [1.29, 1.82) is 0 Å². The van der Waals surface area contributed by atoms with Crippen molar-refractivity contribution in [3.8, 4) is 0 Å². The van der Waals surface area contributed by atoms with Crippen LogP contribution in [0.2, 0.25) is 0 Å². The zero-order valence-electron chi connectivity index (χ0n) is 21.3. The van der Waals surface area contributed by atoms with Crippen molar-refractivity contribution in [2.45, 2.75) is 97.1 Å². The van der Waals surface area contributed by atoms with Gasteiger partial charge in [0.15, 0.2) is 5.78 Å². The van der Waals surface area contributed by atoms with Crippen LogP contribution >= 0.6 is 0 Å². The van der Waals surface area contributed by atoms with Gasteiger partial charge >= 0.3 is 5.97 Å². The standard InChI is InChI=1S/C26H44N2O5/c1-7-20(2)31-17-15-25(3,4)33-18-16-28-26(5,6)24(30)22(27)13-14-23(29)32-19-21-11-9-8-10-12-21/h8-12,20,22,28H,7,13-19,27H2,1-6H3/t20?,22-/m1/s1. The smallest absolute Gasteiger partial charge is 0.306 e. The summed E-state index contributed by atoms with van der Waals surface area (Å²) in [5, 5.41) is 3.23. The molecule has 7 heteroatoms. The molecule has 1 rings (SSSR count). The lowest BCUT2D eigenvalue weighted by Crippen LogP contribution is -2.54. The third-order valence-electron chi connectivity index (χ3n) is 5.70. The van der Waals surface area contributed by atoms with Gasteiger partial charge in [0.1, 0.15) is 6.61 Å². The van der Waals surface area contributed by atoms with Gasteiger partial charge in [0.2, 0.25) is 0 Å². The van der Waals surface area contributed by atoms with E-state index in [1.54, 1.807) is 13.8 Å². The maximum absolute atomic E-state index is 12.8. The Morgan fingerprint density at radius 2 is 1.76 bits per heavy atom. The van der Waals surface area contributed by atoms with E-state index in [1.165, 1.54) is 0 Å². The van der Waals surface area contributed by atoms with Gasteiger partial charge in [-0.1, -0.05) is 37.3 Å². The molecule has 0 fully saturated rings. The van der Waals surface area contributed by atoms with Crippen LogP contribution < -0.4 is 11.1 Å². The highest BCUT2D eigenvalue weighted by Crippen LogP contribution is 2.16. The highest BCUT2D eigenvalue weighted by atomic mass is 16.5. The van der Waals surface area contributed by atoms with Gasteiger partial charge in [-0.3, -0.25) is 9.59 Å². The van der Waals surface area contributed by atoms with Crippen molar-refractivity contribution < 1.29 is 23.8 Å². The molecule has 0 aromatic heterocycles. The highest BCUT2D eigenvalue weighted by molar-refractivity contribution is 5.92. The Balaban J connectivity index is 2.30. The lowest BCUT2D eigenvalue weighted by molar-refractivity contribution is -0.145. The summed E-state index contributed by atoms with van der Waals surface area (Å²) >= 11 is 0. The molecule has 0 spiro atoms. The van der Waals surface area contributed by atoms with Crippen molar-refractivity contribution in [2.24, 2.45) is 5.73 Å². The van der Waals surface area contributed by atoms with Gasteiger partial charge in [-0.2, -0.15) is 0 Å². The number of carbonyl (C=O) groups excluding carboxylic acids is 2. The van der Waals surface area contributed by atoms with Gasteiger partial charge in [-0.15, -0.1) is 0 Å². The monoisotopic (exact) mass is 464 g/mol. The molecular formula is C26H44N2O5. The number of nitrogens with one attached hydrogen (secondary N) is 1. The third-order valence-corrected chi connectivity index (χ3v) is 5.70. The number of benzene rings is 1. The van der Waals surface area contributed by atoms with Gasteiger partial charge in [0.25, 0.3) is 0 Å². The van der Waals surface area contributed by atoms with E-state index in [9.17, 15) is 9.59 Å². The molecule has 33 heavy (non-hydrogen) atoms. The Kier molecular flexibility index (Phi) is 12.8.